The lowest BCUT2D eigenvalue weighted by molar-refractivity contribution is 0.0288. The molecule has 1 aromatic carbocycles. The lowest BCUT2D eigenvalue weighted by Crippen LogP contribution is -2.24. The van der Waals surface area contributed by atoms with Gasteiger partial charge in [-0.3, -0.25) is 4.79 Å². The summed E-state index contributed by atoms with van der Waals surface area (Å²) in [7, 11) is 0. The number of furan rings is 1. The summed E-state index contributed by atoms with van der Waals surface area (Å²) < 4.78 is 10.7. The minimum atomic E-state index is -0.851. The van der Waals surface area contributed by atoms with Crippen molar-refractivity contribution in [2.45, 2.75) is 32.3 Å². The molecule has 0 saturated carbocycles. The Morgan fingerprint density at radius 3 is 2.68 bits per heavy atom. The Labute approximate surface area is 136 Å². The van der Waals surface area contributed by atoms with Gasteiger partial charge in [-0.1, -0.05) is 12.1 Å². The van der Waals surface area contributed by atoms with E-state index < -0.39 is 12.1 Å². The fourth-order valence-electron chi connectivity index (χ4n) is 2.66. The first-order valence-corrected chi connectivity index (χ1v) is 7.96. The summed E-state index contributed by atoms with van der Waals surface area (Å²) in [5.41, 5.74) is 3.11. The third-order valence-electron chi connectivity index (χ3n) is 3.81. The van der Waals surface area contributed by atoms with Crippen molar-refractivity contribution in [3.05, 3.63) is 57.5 Å². The highest BCUT2D eigenvalue weighted by Crippen LogP contribution is 2.24. The second-order valence-electron chi connectivity index (χ2n) is 5.35. The molecule has 4 nitrogen and oxygen atoms in total. The van der Waals surface area contributed by atoms with Crippen LogP contribution < -0.4 is 0 Å². The van der Waals surface area contributed by atoms with Gasteiger partial charge in [-0.05, 0) is 71.4 Å². The van der Waals surface area contributed by atoms with E-state index in [9.17, 15) is 9.59 Å². The van der Waals surface area contributed by atoms with Gasteiger partial charge < -0.3 is 9.15 Å². The molecule has 0 radical (unpaired) electrons. The second-order valence-corrected chi connectivity index (χ2v) is 6.13. The summed E-state index contributed by atoms with van der Waals surface area (Å²) >= 11 is 3.12. The Bertz CT molecular complexity index is 732. The highest BCUT2D eigenvalue weighted by molar-refractivity contribution is 9.10. The number of aryl methyl sites for hydroxylation is 2. The van der Waals surface area contributed by atoms with Crippen LogP contribution in [0, 0.1) is 0 Å². The van der Waals surface area contributed by atoms with Crippen molar-refractivity contribution >= 4 is 27.7 Å². The van der Waals surface area contributed by atoms with Crippen LogP contribution in [0.1, 0.15) is 45.4 Å². The van der Waals surface area contributed by atoms with Gasteiger partial charge in [0, 0.05) is 5.56 Å². The van der Waals surface area contributed by atoms with Crippen LogP contribution in [0.15, 0.2) is 39.4 Å². The van der Waals surface area contributed by atoms with Crippen molar-refractivity contribution in [3.8, 4) is 0 Å². The smallest absolute Gasteiger partial charge is 0.374 e. The topological polar surface area (TPSA) is 56.5 Å². The molecule has 1 atom stereocenters. The lowest BCUT2D eigenvalue weighted by atomic mass is 10.0. The van der Waals surface area contributed by atoms with Crippen molar-refractivity contribution in [1.82, 2.24) is 0 Å². The lowest BCUT2D eigenvalue weighted by Gasteiger charge is -2.12. The predicted octanol–water partition coefficient (Wildman–Crippen LogP) is 3.96. The Hall–Kier alpha value is -1.88. The predicted molar refractivity (Wildman–Crippen MR) is 84.1 cm³/mol. The summed E-state index contributed by atoms with van der Waals surface area (Å²) in [4.78, 5) is 24.3. The van der Waals surface area contributed by atoms with Crippen molar-refractivity contribution in [3.63, 3.8) is 0 Å². The van der Waals surface area contributed by atoms with Gasteiger partial charge in [-0.2, -0.15) is 0 Å². The molecule has 1 aromatic heterocycles. The molecule has 0 N–H and O–H groups in total. The minimum absolute atomic E-state index is 0.0699. The zero-order valence-corrected chi connectivity index (χ0v) is 13.7. The van der Waals surface area contributed by atoms with E-state index in [1.807, 2.05) is 12.1 Å². The van der Waals surface area contributed by atoms with Gasteiger partial charge >= 0.3 is 5.97 Å². The van der Waals surface area contributed by atoms with Gasteiger partial charge in [0.05, 0.1) is 0 Å². The molecule has 0 bridgehead atoms. The van der Waals surface area contributed by atoms with E-state index in [1.54, 1.807) is 19.1 Å². The quantitative estimate of drug-likeness (QED) is 0.610. The summed E-state index contributed by atoms with van der Waals surface area (Å²) in [5, 5.41) is 0. The maximum atomic E-state index is 12.4. The van der Waals surface area contributed by atoms with Gasteiger partial charge in [0.1, 0.15) is 0 Å². The number of carbonyl (C=O) groups excluding carboxylic acids is 2. The molecule has 1 aliphatic carbocycles. The first kappa shape index (κ1) is 15.0. The average molecular weight is 363 g/mol. The number of ether oxygens (including phenoxy) is 1. The molecule has 1 aliphatic rings. The van der Waals surface area contributed by atoms with Crippen LogP contribution in [0.5, 0.6) is 0 Å². The van der Waals surface area contributed by atoms with Crippen LogP contribution >= 0.6 is 15.9 Å². The van der Waals surface area contributed by atoms with Gasteiger partial charge in [-0.25, -0.2) is 4.79 Å². The number of halogens is 1. The molecule has 1 heterocycles. The number of hydrogen-bond donors (Lipinski definition) is 0. The molecule has 0 unspecified atom stereocenters. The third-order valence-corrected chi connectivity index (χ3v) is 4.24. The minimum Gasteiger partial charge on any atom is -0.448 e. The second kappa shape index (κ2) is 6.08. The molecule has 0 amide bonds. The molecule has 0 aliphatic heterocycles. The zero-order valence-electron chi connectivity index (χ0n) is 12.1. The summed E-state index contributed by atoms with van der Waals surface area (Å²) in [5.74, 6) is -0.776. The molecule has 0 saturated heterocycles. The number of ketones is 1. The maximum Gasteiger partial charge on any atom is 0.374 e. The van der Waals surface area contributed by atoms with E-state index in [-0.39, 0.29) is 11.5 Å². The van der Waals surface area contributed by atoms with Crippen molar-refractivity contribution in [1.29, 1.82) is 0 Å². The fraction of sp³-hybridized carbons (Fsp3) is 0.294. The first-order chi connectivity index (χ1) is 10.5. The number of carbonyl (C=O) groups is 2. The number of hydrogen-bond acceptors (Lipinski definition) is 4. The van der Waals surface area contributed by atoms with Gasteiger partial charge in [-0.15, -0.1) is 0 Å². The average Bonchev–Trinajstić information content (AvgIpc) is 3.13. The van der Waals surface area contributed by atoms with E-state index in [4.69, 9.17) is 9.15 Å². The standard InChI is InChI=1S/C17H15BrO4/c1-10(21-17(20)14-7-8-15(18)22-14)16(19)13-6-5-11-3-2-4-12(11)9-13/h5-10H,2-4H2,1H3/t10-/m0/s1. The monoisotopic (exact) mass is 362 g/mol. The van der Waals surface area contributed by atoms with Gasteiger partial charge in [0.2, 0.25) is 11.5 Å². The van der Waals surface area contributed by atoms with Crippen LogP contribution in [0.4, 0.5) is 0 Å². The molecule has 114 valence electrons. The van der Waals surface area contributed by atoms with Gasteiger partial charge in [0.15, 0.2) is 10.8 Å². The molecular weight excluding hydrogens is 348 g/mol. The van der Waals surface area contributed by atoms with Crippen molar-refractivity contribution in [2.75, 3.05) is 0 Å². The number of Topliss-reactive ketones (excluding diaryl/α,β-unsaturated/α-hetero) is 1. The van der Waals surface area contributed by atoms with E-state index >= 15 is 0 Å². The van der Waals surface area contributed by atoms with E-state index in [1.165, 1.54) is 17.2 Å². The van der Waals surface area contributed by atoms with Crippen LogP contribution in [0.3, 0.4) is 0 Å². The van der Waals surface area contributed by atoms with Crippen LogP contribution in [-0.4, -0.2) is 17.9 Å². The van der Waals surface area contributed by atoms with Gasteiger partial charge in [0.25, 0.3) is 0 Å². The molecular formula is C17H15BrO4. The van der Waals surface area contributed by atoms with E-state index in [0.717, 1.165) is 19.3 Å². The molecule has 2 aromatic rings. The summed E-state index contributed by atoms with van der Waals surface area (Å²) in [6.45, 7) is 1.57. The molecule has 22 heavy (non-hydrogen) atoms. The van der Waals surface area contributed by atoms with Crippen LogP contribution in [0.25, 0.3) is 0 Å². The highest BCUT2D eigenvalue weighted by atomic mass is 79.9. The zero-order chi connectivity index (χ0) is 15.7. The molecule has 0 fully saturated rings. The normalized spacial score (nSPS) is 14.5. The largest absolute Gasteiger partial charge is 0.448 e. The molecule has 5 heteroatoms. The summed E-state index contributed by atoms with van der Waals surface area (Å²) in [6.07, 6.45) is 2.35. The first-order valence-electron chi connectivity index (χ1n) is 7.17. The fourth-order valence-corrected chi connectivity index (χ4v) is 2.96. The van der Waals surface area contributed by atoms with E-state index in [0.29, 0.717) is 10.2 Å². The summed E-state index contributed by atoms with van der Waals surface area (Å²) in [6, 6.07) is 8.81. The Kier molecular flexibility index (Phi) is 4.16. The highest BCUT2D eigenvalue weighted by Gasteiger charge is 2.23. The van der Waals surface area contributed by atoms with Crippen LogP contribution in [0.2, 0.25) is 0 Å². The molecule has 3 rings (SSSR count). The van der Waals surface area contributed by atoms with Crippen molar-refractivity contribution < 1.29 is 18.7 Å². The van der Waals surface area contributed by atoms with E-state index in [2.05, 4.69) is 15.9 Å². The molecule has 0 spiro atoms. The number of fused-ring (bicyclic) bond motifs is 1. The Balaban J connectivity index is 1.70. The third kappa shape index (κ3) is 2.99. The number of esters is 1. The van der Waals surface area contributed by atoms with Crippen LogP contribution in [-0.2, 0) is 17.6 Å². The maximum absolute atomic E-state index is 12.4. The number of rotatable bonds is 4. The Morgan fingerprint density at radius 1 is 1.18 bits per heavy atom. The Morgan fingerprint density at radius 2 is 1.95 bits per heavy atom. The number of benzene rings is 1. The van der Waals surface area contributed by atoms with Crippen molar-refractivity contribution in [2.24, 2.45) is 0 Å². The SMILES string of the molecule is C[C@H](OC(=O)c1ccc(Br)o1)C(=O)c1ccc2c(c1)CCC2.